The number of rotatable bonds is 2. The van der Waals surface area contributed by atoms with Crippen LogP contribution in [0, 0.1) is 6.92 Å². The maximum atomic E-state index is 12.6. The lowest BCUT2D eigenvalue weighted by Gasteiger charge is -2.27. The first-order chi connectivity index (χ1) is 9.78. The fourth-order valence-electron chi connectivity index (χ4n) is 2.46. The molecule has 1 atom stereocenters. The molecule has 5 nitrogen and oxygen atoms in total. The molecule has 0 radical (unpaired) electrons. The Morgan fingerprint density at radius 1 is 1.33 bits per heavy atom. The molecule has 0 unspecified atom stereocenters. The standard InChI is InChI=1S/C16H22N2O3/c1-11-8-12(10-17-9-11)14(19)18-7-5-6-13(18)15(20)21-16(2,3)4/h8-10,13H,5-7H2,1-4H3/t13-/m1/s1. The van der Waals surface area contributed by atoms with E-state index in [0.29, 0.717) is 18.5 Å². The highest BCUT2D eigenvalue weighted by Crippen LogP contribution is 2.23. The Hall–Kier alpha value is -1.91. The van der Waals surface area contributed by atoms with E-state index in [9.17, 15) is 9.59 Å². The third-order valence-corrected chi connectivity index (χ3v) is 3.31. The summed E-state index contributed by atoms with van der Waals surface area (Å²) < 4.78 is 5.41. The predicted octanol–water partition coefficient (Wildman–Crippen LogP) is 2.34. The Bertz CT molecular complexity index is 549. The van der Waals surface area contributed by atoms with Crippen molar-refractivity contribution < 1.29 is 14.3 Å². The first-order valence-corrected chi connectivity index (χ1v) is 7.23. The van der Waals surface area contributed by atoms with E-state index in [1.807, 2.05) is 27.7 Å². The summed E-state index contributed by atoms with van der Waals surface area (Å²) in [5, 5.41) is 0. The molecular weight excluding hydrogens is 268 g/mol. The molecule has 0 aromatic carbocycles. The van der Waals surface area contributed by atoms with Crippen LogP contribution in [0.5, 0.6) is 0 Å². The van der Waals surface area contributed by atoms with Crippen molar-refractivity contribution in [2.45, 2.75) is 52.2 Å². The average Bonchev–Trinajstić information content (AvgIpc) is 2.85. The summed E-state index contributed by atoms with van der Waals surface area (Å²) in [5.74, 6) is -0.478. The minimum Gasteiger partial charge on any atom is -0.458 e. The van der Waals surface area contributed by atoms with Crippen molar-refractivity contribution in [3.05, 3.63) is 29.6 Å². The van der Waals surface area contributed by atoms with Crippen LogP contribution < -0.4 is 0 Å². The number of carbonyl (C=O) groups is 2. The number of ether oxygens (including phenoxy) is 1. The highest BCUT2D eigenvalue weighted by atomic mass is 16.6. The zero-order valence-electron chi connectivity index (χ0n) is 13.0. The summed E-state index contributed by atoms with van der Waals surface area (Å²) in [5.41, 5.74) is 0.901. The second kappa shape index (κ2) is 5.84. The van der Waals surface area contributed by atoms with Crippen molar-refractivity contribution in [2.75, 3.05) is 6.54 Å². The molecule has 21 heavy (non-hydrogen) atoms. The lowest BCUT2D eigenvalue weighted by molar-refractivity contribution is -0.159. The zero-order chi connectivity index (χ0) is 15.6. The van der Waals surface area contributed by atoms with Crippen LogP contribution in [-0.4, -0.2) is 39.9 Å². The van der Waals surface area contributed by atoms with E-state index in [1.165, 1.54) is 0 Å². The molecule has 1 aromatic heterocycles. The normalized spacial score (nSPS) is 18.7. The summed E-state index contributed by atoms with van der Waals surface area (Å²) >= 11 is 0. The van der Waals surface area contributed by atoms with Gasteiger partial charge in [-0.3, -0.25) is 9.78 Å². The van der Waals surface area contributed by atoms with Gasteiger partial charge in [-0.15, -0.1) is 0 Å². The van der Waals surface area contributed by atoms with Gasteiger partial charge in [-0.05, 0) is 52.2 Å². The van der Waals surface area contributed by atoms with Crippen molar-refractivity contribution >= 4 is 11.9 Å². The SMILES string of the molecule is Cc1cncc(C(=O)N2CCC[C@@H]2C(=O)OC(C)(C)C)c1. The number of nitrogens with zero attached hydrogens (tertiary/aromatic N) is 2. The van der Waals surface area contributed by atoms with Crippen LogP contribution in [0.1, 0.15) is 49.5 Å². The van der Waals surface area contributed by atoms with E-state index < -0.39 is 11.6 Å². The molecule has 1 fully saturated rings. The Morgan fingerprint density at radius 3 is 2.67 bits per heavy atom. The van der Waals surface area contributed by atoms with E-state index in [2.05, 4.69) is 4.98 Å². The topological polar surface area (TPSA) is 59.5 Å². The van der Waals surface area contributed by atoms with E-state index in [1.54, 1.807) is 23.4 Å². The maximum absolute atomic E-state index is 12.6. The molecular formula is C16H22N2O3. The fraction of sp³-hybridized carbons (Fsp3) is 0.562. The van der Waals surface area contributed by atoms with Gasteiger partial charge in [0.1, 0.15) is 11.6 Å². The number of pyridine rings is 1. The Balaban J connectivity index is 2.15. The first-order valence-electron chi connectivity index (χ1n) is 7.23. The number of aromatic nitrogens is 1. The van der Waals surface area contributed by atoms with Gasteiger partial charge < -0.3 is 9.64 Å². The molecule has 1 aliphatic heterocycles. The lowest BCUT2D eigenvalue weighted by atomic mass is 10.1. The Morgan fingerprint density at radius 2 is 2.05 bits per heavy atom. The summed E-state index contributed by atoms with van der Waals surface area (Å²) in [4.78, 5) is 30.4. The van der Waals surface area contributed by atoms with Crippen LogP contribution in [0.15, 0.2) is 18.5 Å². The van der Waals surface area contributed by atoms with Gasteiger partial charge in [-0.2, -0.15) is 0 Å². The highest BCUT2D eigenvalue weighted by Gasteiger charge is 2.37. The van der Waals surface area contributed by atoms with Gasteiger partial charge in [-0.25, -0.2) is 4.79 Å². The largest absolute Gasteiger partial charge is 0.458 e. The van der Waals surface area contributed by atoms with Gasteiger partial charge in [0.05, 0.1) is 5.56 Å². The summed E-state index contributed by atoms with van der Waals surface area (Å²) in [6.07, 6.45) is 4.71. The van der Waals surface area contributed by atoms with Crippen LogP contribution in [0.4, 0.5) is 0 Å². The maximum Gasteiger partial charge on any atom is 0.329 e. The minimum absolute atomic E-state index is 0.153. The van der Waals surface area contributed by atoms with Gasteiger partial charge in [0, 0.05) is 18.9 Å². The monoisotopic (exact) mass is 290 g/mol. The molecule has 2 heterocycles. The van der Waals surface area contributed by atoms with Gasteiger partial charge >= 0.3 is 5.97 Å². The molecule has 0 bridgehead atoms. The average molecular weight is 290 g/mol. The highest BCUT2D eigenvalue weighted by molar-refractivity contribution is 5.97. The molecule has 1 amide bonds. The van der Waals surface area contributed by atoms with Gasteiger partial charge in [0.15, 0.2) is 0 Å². The van der Waals surface area contributed by atoms with Crippen molar-refractivity contribution in [2.24, 2.45) is 0 Å². The second-order valence-corrected chi connectivity index (χ2v) is 6.44. The number of aryl methyl sites for hydroxylation is 1. The van der Waals surface area contributed by atoms with Crippen LogP contribution >= 0.6 is 0 Å². The van der Waals surface area contributed by atoms with Crippen molar-refractivity contribution in [1.82, 2.24) is 9.88 Å². The number of likely N-dealkylation sites (tertiary alicyclic amines) is 1. The number of hydrogen-bond acceptors (Lipinski definition) is 4. The van der Waals surface area contributed by atoms with Crippen LogP contribution in [-0.2, 0) is 9.53 Å². The zero-order valence-corrected chi connectivity index (χ0v) is 13.0. The van der Waals surface area contributed by atoms with Crippen LogP contribution in [0.2, 0.25) is 0 Å². The van der Waals surface area contributed by atoms with Gasteiger partial charge in [0.25, 0.3) is 5.91 Å². The van der Waals surface area contributed by atoms with Crippen molar-refractivity contribution in [3.8, 4) is 0 Å². The van der Waals surface area contributed by atoms with E-state index in [0.717, 1.165) is 12.0 Å². The van der Waals surface area contributed by atoms with E-state index >= 15 is 0 Å². The number of esters is 1. The third kappa shape index (κ3) is 3.80. The third-order valence-electron chi connectivity index (χ3n) is 3.31. The molecule has 1 aromatic rings. The predicted molar refractivity (Wildman–Crippen MR) is 78.9 cm³/mol. The van der Waals surface area contributed by atoms with Crippen LogP contribution in [0.25, 0.3) is 0 Å². The summed E-state index contributed by atoms with van der Waals surface area (Å²) in [6.45, 7) is 7.96. The Kier molecular flexibility index (Phi) is 4.30. The molecule has 0 aliphatic carbocycles. The molecule has 0 saturated carbocycles. The molecule has 0 spiro atoms. The molecule has 114 valence electrons. The molecule has 0 N–H and O–H groups in total. The molecule has 5 heteroatoms. The van der Waals surface area contributed by atoms with E-state index in [4.69, 9.17) is 4.74 Å². The Labute approximate surface area is 125 Å². The van der Waals surface area contributed by atoms with Gasteiger partial charge in [-0.1, -0.05) is 0 Å². The first kappa shape index (κ1) is 15.5. The lowest BCUT2D eigenvalue weighted by Crippen LogP contribution is -2.43. The second-order valence-electron chi connectivity index (χ2n) is 6.44. The quantitative estimate of drug-likeness (QED) is 0.784. The van der Waals surface area contributed by atoms with Crippen molar-refractivity contribution in [1.29, 1.82) is 0 Å². The van der Waals surface area contributed by atoms with Gasteiger partial charge in [0.2, 0.25) is 0 Å². The molecule has 1 aliphatic rings. The number of hydrogen-bond donors (Lipinski definition) is 0. The molecule has 2 rings (SSSR count). The minimum atomic E-state index is -0.542. The summed E-state index contributed by atoms with van der Waals surface area (Å²) in [7, 11) is 0. The van der Waals surface area contributed by atoms with E-state index in [-0.39, 0.29) is 11.9 Å². The number of amides is 1. The summed E-state index contributed by atoms with van der Waals surface area (Å²) in [6, 6.07) is 1.30. The molecule has 1 saturated heterocycles. The number of carbonyl (C=O) groups excluding carboxylic acids is 2. The van der Waals surface area contributed by atoms with Crippen LogP contribution in [0.3, 0.4) is 0 Å². The smallest absolute Gasteiger partial charge is 0.329 e. The fourth-order valence-corrected chi connectivity index (χ4v) is 2.46. The van der Waals surface area contributed by atoms with Crippen molar-refractivity contribution in [3.63, 3.8) is 0 Å².